The maximum Gasteiger partial charge on any atom is 0.227 e. The van der Waals surface area contributed by atoms with E-state index in [0.29, 0.717) is 11.1 Å². The van der Waals surface area contributed by atoms with E-state index >= 15 is 0 Å². The van der Waals surface area contributed by atoms with Gasteiger partial charge in [0.15, 0.2) is 6.29 Å². The molecule has 0 amide bonds. The van der Waals surface area contributed by atoms with Crippen molar-refractivity contribution in [2.24, 2.45) is 0 Å². The molecule has 1 aromatic heterocycles. The van der Waals surface area contributed by atoms with Gasteiger partial charge < -0.3 is 13.9 Å². The van der Waals surface area contributed by atoms with Crippen molar-refractivity contribution in [1.29, 1.82) is 0 Å². The summed E-state index contributed by atoms with van der Waals surface area (Å²) in [4.78, 5) is 11.9. The smallest absolute Gasteiger partial charge is 0.227 e. The molecule has 0 atom stereocenters. The number of benzene rings is 1. The summed E-state index contributed by atoms with van der Waals surface area (Å²) in [6, 6.07) is 7.38. The van der Waals surface area contributed by atoms with Crippen LogP contribution in [0.5, 0.6) is 0 Å². The number of rotatable bonds is 2. The molecule has 1 aliphatic heterocycles. The molecule has 4 heteroatoms. The number of carbonyl (C=O) groups excluding carboxylic acids is 1. The monoisotopic (exact) mass is 218 g/mol. The predicted octanol–water partition coefficient (Wildman–Crippen LogP) is 2.33. The summed E-state index contributed by atoms with van der Waals surface area (Å²) in [6.07, 6.45) is 0.367. The van der Waals surface area contributed by atoms with Crippen molar-refractivity contribution >= 4 is 16.8 Å². The molecule has 2 aromatic rings. The molecular formula is C12H10O4. The van der Waals surface area contributed by atoms with E-state index in [1.165, 1.54) is 6.26 Å². The molecule has 0 radical (unpaired) electrons. The Balaban J connectivity index is 1.97. The highest BCUT2D eigenvalue weighted by Crippen LogP contribution is 2.26. The Morgan fingerprint density at radius 1 is 1.25 bits per heavy atom. The van der Waals surface area contributed by atoms with Crippen LogP contribution in [0.4, 0.5) is 0 Å². The van der Waals surface area contributed by atoms with Crippen LogP contribution in [0.1, 0.15) is 17.3 Å². The lowest BCUT2D eigenvalue weighted by Gasteiger charge is -2.32. The Kier molecular flexibility index (Phi) is 2.05. The van der Waals surface area contributed by atoms with Crippen molar-refractivity contribution in [1.82, 2.24) is 0 Å². The molecule has 1 saturated heterocycles. The first-order valence-corrected chi connectivity index (χ1v) is 5.07. The number of furan rings is 1. The normalized spacial score (nSPS) is 24.3. The summed E-state index contributed by atoms with van der Waals surface area (Å²) in [5.74, 6) is -0.192. The summed E-state index contributed by atoms with van der Waals surface area (Å²) in [7, 11) is 0. The Morgan fingerprint density at radius 2 is 2.00 bits per heavy atom. The van der Waals surface area contributed by atoms with Gasteiger partial charge in [0, 0.05) is 5.39 Å². The maximum atomic E-state index is 11.9. The highest BCUT2D eigenvalue weighted by Gasteiger charge is 2.35. The lowest BCUT2D eigenvalue weighted by molar-refractivity contribution is -0.349. The van der Waals surface area contributed by atoms with Gasteiger partial charge in [0.1, 0.15) is 11.8 Å². The molecular weight excluding hydrogens is 208 g/mol. The first-order valence-electron chi connectivity index (χ1n) is 5.07. The molecule has 0 unspecified atom stereocenters. The van der Waals surface area contributed by atoms with Gasteiger partial charge in [0.2, 0.25) is 12.1 Å². The number of ketones is 1. The van der Waals surface area contributed by atoms with E-state index < -0.39 is 6.29 Å². The van der Waals surface area contributed by atoms with Gasteiger partial charge in [-0.15, -0.1) is 0 Å². The van der Waals surface area contributed by atoms with Crippen molar-refractivity contribution in [3.63, 3.8) is 0 Å². The van der Waals surface area contributed by atoms with E-state index in [4.69, 9.17) is 13.9 Å². The lowest BCUT2D eigenvalue weighted by atomic mass is 10.1. The quantitative estimate of drug-likeness (QED) is 0.726. The topological polar surface area (TPSA) is 48.7 Å². The van der Waals surface area contributed by atoms with Crippen molar-refractivity contribution in [2.75, 3.05) is 0 Å². The van der Waals surface area contributed by atoms with E-state index in [1.54, 1.807) is 6.92 Å². The summed E-state index contributed by atoms with van der Waals surface area (Å²) in [5.41, 5.74) is 1.20. The zero-order valence-corrected chi connectivity index (χ0v) is 8.67. The van der Waals surface area contributed by atoms with E-state index in [1.807, 2.05) is 24.3 Å². The van der Waals surface area contributed by atoms with Crippen LogP contribution in [-0.2, 0) is 9.47 Å². The predicted molar refractivity (Wildman–Crippen MR) is 56.0 cm³/mol. The number of carbonyl (C=O) groups is 1. The highest BCUT2D eigenvalue weighted by molar-refractivity contribution is 6.08. The first kappa shape index (κ1) is 9.57. The van der Waals surface area contributed by atoms with Gasteiger partial charge in [0.25, 0.3) is 0 Å². The van der Waals surface area contributed by atoms with Crippen molar-refractivity contribution in [3.05, 3.63) is 36.1 Å². The number of Topliss-reactive ketones (excluding diaryl/α,β-unsaturated/α-hetero) is 1. The van der Waals surface area contributed by atoms with E-state index in [9.17, 15) is 4.79 Å². The Morgan fingerprint density at radius 3 is 2.75 bits per heavy atom. The van der Waals surface area contributed by atoms with Crippen LogP contribution in [0.15, 0.2) is 34.9 Å². The Labute approximate surface area is 91.7 Å². The van der Waals surface area contributed by atoms with Crippen LogP contribution in [0, 0.1) is 0 Å². The zero-order valence-electron chi connectivity index (χ0n) is 8.67. The molecule has 1 aromatic carbocycles. The van der Waals surface area contributed by atoms with E-state index in [0.717, 1.165) is 5.39 Å². The second-order valence-corrected chi connectivity index (χ2v) is 3.68. The second kappa shape index (κ2) is 3.43. The van der Waals surface area contributed by atoms with Gasteiger partial charge in [-0.3, -0.25) is 4.79 Å². The van der Waals surface area contributed by atoms with E-state index in [2.05, 4.69) is 0 Å². The van der Waals surface area contributed by atoms with Crippen LogP contribution in [0.3, 0.4) is 0 Å². The molecule has 0 N–H and O–H groups in total. The van der Waals surface area contributed by atoms with Crippen LogP contribution < -0.4 is 0 Å². The minimum atomic E-state index is -0.781. The van der Waals surface area contributed by atoms with Gasteiger partial charge in [-0.1, -0.05) is 18.2 Å². The maximum absolute atomic E-state index is 11.9. The summed E-state index contributed by atoms with van der Waals surface area (Å²) in [5, 5.41) is 0.791. The average molecular weight is 218 g/mol. The molecule has 4 nitrogen and oxygen atoms in total. The Bertz CT molecular complexity index is 537. The molecule has 1 fully saturated rings. The van der Waals surface area contributed by atoms with Crippen LogP contribution in [0.25, 0.3) is 11.0 Å². The molecule has 0 bridgehead atoms. The highest BCUT2D eigenvalue weighted by atomic mass is 16.9. The van der Waals surface area contributed by atoms with Gasteiger partial charge >= 0.3 is 0 Å². The molecule has 82 valence electrons. The molecule has 3 rings (SSSR count). The van der Waals surface area contributed by atoms with Gasteiger partial charge in [-0.25, -0.2) is 0 Å². The van der Waals surface area contributed by atoms with Crippen molar-refractivity contribution in [3.8, 4) is 0 Å². The van der Waals surface area contributed by atoms with Gasteiger partial charge in [-0.05, 0) is 13.0 Å². The fourth-order valence-corrected chi connectivity index (χ4v) is 1.78. The number of ether oxygens (including phenoxy) is 2. The third-order valence-electron chi connectivity index (χ3n) is 2.59. The summed E-state index contributed by atoms with van der Waals surface area (Å²) < 4.78 is 15.6. The average Bonchev–Trinajstić information content (AvgIpc) is 2.67. The summed E-state index contributed by atoms with van der Waals surface area (Å²) >= 11 is 0. The molecule has 0 aliphatic carbocycles. The number of fused-ring (bicyclic) bond motifs is 1. The van der Waals surface area contributed by atoms with Gasteiger partial charge in [-0.2, -0.15) is 0 Å². The van der Waals surface area contributed by atoms with Crippen molar-refractivity contribution in [2.45, 2.75) is 19.5 Å². The van der Waals surface area contributed by atoms with Crippen molar-refractivity contribution < 1.29 is 18.7 Å². The van der Waals surface area contributed by atoms with Crippen LogP contribution in [0.2, 0.25) is 0 Å². The third kappa shape index (κ3) is 1.35. The number of hydrogen-bond acceptors (Lipinski definition) is 4. The standard InChI is InChI=1S/C12H10O4/c1-7-15-12(16-7)11(13)9-6-14-10-5-3-2-4-8(9)10/h2-7,12H,1H3. The molecule has 1 aliphatic rings. The SMILES string of the molecule is CC1OC(C(=O)c2coc3ccccc23)O1. The number of para-hydroxylation sites is 1. The lowest BCUT2D eigenvalue weighted by Crippen LogP contribution is -2.44. The minimum absolute atomic E-state index is 0.192. The largest absolute Gasteiger partial charge is 0.464 e. The molecule has 2 heterocycles. The Hall–Kier alpha value is -1.65. The third-order valence-corrected chi connectivity index (χ3v) is 2.59. The molecule has 16 heavy (non-hydrogen) atoms. The zero-order chi connectivity index (χ0) is 11.1. The molecule has 0 spiro atoms. The number of hydrogen-bond donors (Lipinski definition) is 0. The van der Waals surface area contributed by atoms with Gasteiger partial charge in [0.05, 0.1) is 5.56 Å². The fraction of sp³-hybridized carbons (Fsp3) is 0.250. The van der Waals surface area contributed by atoms with Crippen LogP contribution in [-0.4, -0.2) is 18.4 Å². The first-order chi connectivity index (χ1) is 7.75. The van der Waals surface area contributed by atoms with E-state index in [-0.39, 0.29) is 12.1 Å². The molecule has 0 saturated carbocycles. The summed E-state index contributed by atoms with van der Waals surface area (Å²) in [6.45, 7) is 1.75. The minimum Gasteiger partial charge on any atom is -0.464 e. The second-order valence-electron chi connectivity index (χ2n) is 3.68. The fourth-order valence-electron chi connectivity index (χ4n) is 1.78. The van der Waals surface area contributed by atoms with Crippen LogP contribution >= 0.6 is 0 Å².